The van der Waals surface area contributed by atoms with E-state index in [9.17, 15) is 0 Å². The number of aliphatic imine (C=N–C) groups is 1. The van der Waals surface area contributed by atoms with E-state index in [0.717, 1.165) is 32.1 Å². The van der Waals surface area contributed by atoms with E-state index in [0.29, 0.717) is 6.61 Å². The molecule has 0 aliphatic carbocycles. The van der Waals surface area contributed by atoms with Crippen molar-refractivity contribution in [3.8, 4) is 0 Å². The maximum Gasteiger partial charge on any atom is 0.194 e. The predicted molar refractivity (Wildman–Crippen MR) is 69.0 cm³/mol. The van der Waals surface area contributed by atoms with E-state index in [1.807, 2.05) is 6.07 Å². The molecular weight excluding hydrogens is 214 g/mol. The summed E-state index contributed by atoms with van der Waals surface area (Å²) >= 11 is 0. The van der Waals surface area contributed by atoms with Crippen LogP contribution in [0.25, 0.3) is 0 Å². The molecule has 1 aromatic carbocycles. The van der Waals surface area contributed by atoms with Crippen LogP contribution >= 0.6 is 0 Å². The minimum Gasteiger partial charge on any atom is -0.383 e. The Morgan fingerprint density at radius 2 is 2.18 bits per heavy atom. The molecule has 0 atom stereocenters. The fourth-order valence-electron chi connectivity index (χ4n) is 1.86. The molecule has 0 bridgehead atoms. The molecule has 0 fully saturated rings. The normalized spacial score (nSPS) is 14.3. The zero-order chi connectivity index (χ0) is 11.9. The van der Waals surface area contributed by atoms with Crippen molar-refractivity contribution in [1.29, 1.82) is 0 Å². The zero-order valence-electron chi connectivity index (χ0n) is 10.2. The molecule has 17 heavy (non-hydrogen) atoms. The van der Waals surface area contributed by atoms with Crippen LogP contribution in [0.5, 0.6) is 0 Å². The highest BCUT2D eigenvalue weighted by molar-refractivity contribution is 5.81. The Labute approximate surface area is 102 Å². The molecule has 1 heterocycles. The maximum atomic E-state index is 5.15. The molecule has 1 aliphatic rings. The minimum absolute atomic E-state index is 0.716. The van der Waals surface area contributed by atoms with Gasteiger partial charge in [0.25, 0.3) is 0 Å². The summed E-state index contributed by atoms with van der Waals surface area (Å²) < 4.78 is 5.15. The van der Waals surface area contributed by atoms with E-state index in [-0.39, 0.29) is 0 Å². The molecule has 0 amide bonds. The summed E-state index contributed by atoms with van der Waals surface area (Å²) in [6.45, 7) is 4.25. The lowest BCUT2D eigenvalue weighted by Gasteiger charge is -2.24. The highest BCUT2D eigenvalue weighted by atomic mass is 16.5. The number of hydrogen-bond donors (Lipinski definition) is 1. The Hall–Kier alpha value is -1.55. The molecule has 1 aromatic rings. The number of guanidine groups is 1. The lowest BCUT2D eigenvalue weighted by molar-refractivity contribution is 0.173. The Kier molecular flexibility index (Phi) is 4.38. The molecule has 0 unspecified atom stereocenters. The van der Waals surface area contributed by atoms with Crippen molar-refractivity contribution >= 4 is 5.96 Å². The van der Waals surface area contributed by atoms with Gasteiger partial charge in [0.15, 0.2) is 5.96 Å². The van der Waals surface area contributed by atoms with Gasteiger partial charge < -0.3 is 15.0 Å². The summed E-state index contributed by atoms with van der Waals surface area (Å²) in [6.07, 6.45) is 0. The number of rotatable bonds is 5. The first-order chi connectivity index (χ1) is 8.40. The first-order valence-corrected chi connectivity index (χ1v) is 5.96. The highest BCUT2D eigenvalue weighted by Gasteiger charge is 2.14. The molecule has 4 nitrogen and oxygen atoms in total. The third kappa shape index (κ3) is 3.46. The van der Waals surface area contributed by atoms with Crippen LogP contribution < -0.4 is 5.32 Å². The van der Waals surface area contributed by atoms with E-state index in [1.54, 1.807) is 7.11 Å². The molecule has 1 aliphatic heterocycles. The van der Waals surface area contributed by atoms with E-state index in [4.69, 9.17) is 4.74 Å². The van der Waals surface area contributed by atoms with Crippen LogP contribution in [0.15, 0.2) is 35.3 Å². The number of hydrogen-bond acceptors (Lipinski definition) is 4. The van der Waals surface area contributed by atoms with Crippen molar-refractivity contribution in [2.24, 2.45) is 4.99 Å². The van der Waals surface area contributed by atoms with Crippen LogP contribution in [0.4, 0.5) is 0 Å². The predicted octanol–water partition coefficient (Wildman–Crippen LogP) is 1.09. The fraction of sp³-hybridized carbons (Fsp3) is 0.462. The van der Waals surface area contributed by atoms with Crippen LogP contribution in [-0.4, -0.2) is 44.2 Å². The number of methoxy groups -OCH3 is 1. The van der Waals surface area contributed by atoms with Gasteiger partial charge >= 0.3 is 0 Å². The summed E-state index contributed by atoms with van der Waals surface area (Å²) in [7, 11) is 1.73. The third-order valence-corrected chi connectivity index (χ3v) is 2.74. The molecule has 0 radical (unpaired) electrons. The van der Waals surface area contributed by atoms with Crippen LogP contribution in [-0.2, 0) is 11.3 Å². The zero-order valence-corrected chi connectivity index (χ0v) is 10.2. The Bertz CT molecular complexity index is 364. The summed E-state index contributed by atoms with van der Waals surface area (Å²) in [6, 6.07) is 10.4. The van der Waals surface area contributed by atoms with Crippen molar-refractivity contribution in [1.82, 2.24) is 10.2 Å². The van der Waals surface area contributed by atoms with Gasteiger partial charge in [-0.15, -0.1) is 0 Å². The second kappa shape index (κ2) is 6.25. The van der Waals surface area contributed by atoms with Crippen molar-refractivity contribution in [3.63, 3.8) is 0 Å². The Morgan fingerprint density at radius 3 is 2.82 bits per heavy atom. The average Bonchev–Trinajstić information content (AvgIpc) is 2.89. The number of ether oxygens (including phenoxy) is 1. The van der Waals surface area contributed by atoms with Gasteiger partial charge in [0.1, 0.15) is 0 Å². The van der Waals surface area contributed by atoms with Crippen LogP contribution in [0.3, 0.4) is 0 Å². The number of nitrogens with one attached hydrogen (secondary N) is 1. The fourth-order valence-corrected chi connectivity index (χ4v) is 1.86. The molecule has 0 spiro atoms. The SMILES string of the molecule is COCCN(Cc1ccccc1)C1=NCCN1. The molecule has 4 heteroatoms. The first-order valence-electron chi connectivity index (χ1n) is 5.96. The standard InChI is InChI=1S/C13H19N3O/c1-17-10-9-16(13-14-7-8-15-13)11-12-5-3-2-4-6-12/h2-6H,7-11H2,1H3,(H,14,15). The van der Waals surface area contributed by atoms with Gasteiger partial charge in [-0.05, 0) is 5.56 Å². The topological polar surface area (TPSA) is 36.9 Å². The van der Waals surface area contributed by atoms with Crippen molar-refractivity contribution in [3.05, 3.63) is 35.9 Å². The molecule has 2 rings (SSSR count). The van der Waals surface area contributed by atoms with Gasteiger partial charge in [-0.2, -0.15) is 0 Å². The molecule has 0 aromatic heterocycles. The second-order valence-corrected chi connectivity index (χ2v) is 4.03. The summed E-state index contributed by atoms with van der Waals surface area (Å²) in [5, 5.41) is 3.31. The average molecular weight is 233 g/mol. The van der Waals surface area contributed by atoms with Crippen molar-refractivity contribution < 1.29 is 4.74 Å². The number of benzene rings is 1. The summed E-state index contributed by atoms with van der Waals surface area (Å²) in [5.41, 5.74) is 1.29. The molecule has 1 N–H and O–H groups in total. The van der Waals surface area contributed by atoms with Gasteiger partial charge in [0, 0.05) is 26.7 Å². The first kappa shape index (κ1) is 11.9. The van der Waals surface area contributed by atoms with E-state index >= 15 is 0 Å². The lowest BCUT2D eigenvalue weighted by atomic mass is 10.2. The van der Waals surface area contributed by atoms with Crippen LogP contribution in [0, 0.1) is 0 Å². The quantitative estimate of drug-likeness (QED) is 0.827. The van der Waals surface area contributed by atoms with E-state index in [1.165, 1.54) is 5.56 Å². The monoisotopic (exact) mass is 233 g/mol. The summed E-state index contributed by atoms with van der Waals surface area (Å²) in [5.74, 6) is 0.992. The van der Waals surface area contributed by atoms with Crippen molar-refractivity contribution in [2.45, 2.75) is 6.54 Å². The van der Waals surface area contributed by atoms with Gasteiger partial charge in [-0.3, -0.25) is 4.99 Å². The maximum absolute atomic E-state index is 5.15. The second-order valence-electron chi connectivity index (χ2n) is 4.03. The van der Waals surface area contributed by atoms with Gasteiger partial charge in [-0.1, -0.05) is 30.3 Å². The molecular formula is C13H19N3O. The van der Waals surface area contributed by atoms with Gasteiger partial charge in [0.2, 0.25) is 0 Å². The molecule has 0 saturated carbocycles. The Balaban J connectivity index is 2.00. The smallest absolute Gasteiger partial charge is 0.194 e. The minimum atomic E-state index is 0.716. The molecule has 0 saturated heterocycles. The van der Waals surface area contributed by atoms with Crippen LogP contribution in [0.1, 0.15) is 5.56 Å². The summed E-state index contributed by atoms with van der Waals surface area (Å²) in [4.78, 5) is 6.69. The van der Waals surface area contributed by atoms with Gasteiger partial charge in [0.05, 0.1) is 13.2 Å². The largest absolute Gasteiger partial charge is 0.383 e. The third-order valence-electron chi connectivity index (χ3n) is 2.74. The van der Waals surface area contributed by atoms with E-state index in [2.05, 4.69) is 39.5 Å². The van der Waals surface area contributed by atoms with Crippen LogP contribution in [0.2, 0.25) is 0 Å². The lowest BCUT2D eigenvalue weighted by Crippen LogP contribution is -2.40. The molecule has 92 valence electrons. The van der Waals surface area contributed by atoms with Gasteiger partial charge in [-0.25, -0.2) is 0 Å². The Morgan fingerprint density at radius 1 is 1.35 bits per heavy atom. The van der Waals surface area contributed by atoms with Crippen molar-refractivity contribution in [2.75, 3.05) is 33.4 Å². The van der Waals surface area contributed by atoms with E-state index < -0.39 is 0 Å². The highest BCUT2D eigenvalue weighted by Crippen LogP contribution is 2.06. The number of nitrogens with zero attached hydrogens (tertiary/aromatic N) is 2.